The van der Waals surface area contributed by atoms with Crippen LogP contribution in [0.15, 0.2) is 49.1 Å². The van der Waals surface area contributed by atoms with Gasteiger partial charge in [-0.2, -0.15) is 0 Å². The van der Waals surface area contributed by atoms with Crippen molar-refractivity contribution < 1.29 is 19.9 Å². The molecule has 1 heterocycles. The van der Waals surface area contributed by atoms with E-state index < -0.39 is 16.4 Å². The maximum atomic E-state index is 11.6. The number of nitro groups is 1. The lowest BCUT2D eigenvalue weighted by molar-refractivity contribution is -0.385. The Balaban J connectivity index is 2.18. The smallest absolute Gasteiger partial charge is 0.280 e. The predicted octanol–water partition coefficient (Wildman–Crippen LogP) is 2.11. The molecule has 0 unspecified atom stereocenters. The van der Waals surface area contributed by atoms with Crippen molar-refractivity contribution in [1.82, 2.24) is 9.55 Å². The van der Waals surface area contributed by atoms with E-state index in [0.717, 1.165) is 12.1 Å². The molecular formula is C14H11N3O5. The number of allylic oxidation sites excluding steroid dienone is 3. The molecule has 0 saturated heterocycles. The molecule has 8 heteroatoms. The van der Waals surface area contributed by atoms with E-state index in [1.165, 1.54) is 47.6 Å². The number of phenols is 2. The third-order valence-electron chi connectivity index (χ3n) is 2.71. The monoisotopic (exact) mass is 301 g/mol. The van der Waals surface area contributed by atoms with Crippen LogP contribution in [-0.4, -0.2) is 30.6 Å². The highest BCUT2D eigenvalue weighted by Gasteiger charge is 2.15. The second-order valence-electron chi connectivity index (χ2n) is 4.18. The first-order valence-corrected chi connectivity index (χ1v) is 6.06. The van der Waals surface area contributed by atoms with Crippen molar-refractivity contribution >= 4 is 17.7 Å². The summed E-state index contributed by atoms with van der Waals surface area (Å²) in [5.41, 5.74) is -0.263. The topological polar surface area (TPSA) is 118 Å². The number of phenolic OH excluding ortho intramolecular Hbond substituents is 2. The first-order valence-electron chi connectivity index (χ1n) is 6.06. The summed E-state index contributed by atoms with van der Waals surface area (Å²) >= 11 is 0. The third kappa shape index (κ3) is 3.37. The minimum absolute atomic E-state index is 0.0972. The van der Waals surface area contributed by atoms with Crippen molar-refractivity contribution in [2.45, 2.75) is 0 Å². The summed E-state index contributed by atoms with van der Waals surface area (Å²) in [6.45, 7) is 0. The maximum absolute atomic E-state index is 11.6. The van der Waals surface area contributed by atoms with E-state index in [2.05, 4.69) is 4.98 Å². The zero-order chi connectivity index (χ0) is 16.1. The number of benzene rings is 1. The number of nitro benzene ring substituents is 1. The lowest BCUT2D eigenvalue weighted by Gasteiger charge is -2.01. The van der Waals surface area contributed by atoms with Crippen molar-refractivity contribution in [2.24, 2.45) is 0 Å². The molecule has 2 N–H and O–H groups in total. The van der Waals surface area contributed by atoms with Gasteiger partial charge in [0.05, 0.1) is 16.6 Å². The van der Waals surface area contributed by atoms with Crippen LogP contribution in [0, 0.1) is 10.1 Å². The molecule has 0 aliphatic rings. The molecule has 0 fully saturated rings. The SMILES string of the molecule is O=C(/C=C/C=C/c1cc(O)c(O)cc1[N+](=O)[O-])n1ccnc1. The third-order valence-corrected chi connectivity index (χ3v) is 2.71. The van der Waals surface area contributed by atoms with Gasteiger partial charge in [0.25, 0.3) is 11.6 Å². The van der Waals surface area contributed by atoms with E-state index in [0.29, 0.717) is 0 Å². The Bertz CT molecular complexity index is 763. The van der Waals surface area contributed by atoms with E-state index in [1.54, 1.807) is 0 Å². The summed E-state index contributed by atoms with van der Waals surface area (Å²) in [5, 5.41) is 29.5. The number of carbonyl (C=O) groups is 1. The number of hydrogen-bond donors (Lipinski definition) is 2. The van der Waals surface area contributed by atoms with Gasteiger partial charge in [0.2, 0.25) is 0 Å². The first-order chi connectivity index (χ1) is 10.5. The van der Waals surface area contributed by atoms with E-state index in [-0.39, 0.29) is 17.2 Å². The summed E-state index contributed by atoms with van der Waals surface area (Å²) in [5.74, 6) is -1.37. The van der Waals surface area contributed by atoms with Gasteiger partial charge in [-0.1, -0.05) is 12.2 Å². The Morgan fingerprint density at radius 3 is 2.64 bits per heavy atom. The van der Waals surface area contributed by atoms with E-state index in [9.17, 15) is 25.1 Å². The molecular weight excluding hydrogens is 290 g/mol. The second-order valence-corrected chi connectivity index (χ2v) is 4.18. The van der Waals surface area contributed by atoms with Crippen molar-refractivity contribution in [1.29, 1.82) is 0 Å². The highest BCUT2D eigenvalue weighted by molar-refractivity contribution is 5.90. The molecule has 0 aliphatic carbocycles. The van der Waals surface area contributed by atoms with Gasteiger partial charge < -0.3 is 10.2 Å². The summed E-state index contributed by atoms with van der Waals surface area (Å²) in [7, 11) is 0. The number of rotatable bonds is 4. The van der Waals surface area contributed by atoms with Crippen LogP contribution in [0.4, 0.5) is 5.69 Å². The van der Waals surface area contributed by atoms with Crippen LogP contribution in [0.25, 0.3) is 6.08 Å². The summed E-state index contributed by atoms with van der Waals surface area (Å²) in [4.78, 5) is 25.5. The molecule has 0 spiro atoms. The van der Waals surface area contributed by atoms with Gasteiger partial charge in [-0.15, -0.1) is 0 Å². The molecule has 0 bridgehead atoms. The average Bonchev–Trinajstić information content (AvgIpc) is 3.00. The largest absolute Gasteiger partial charge is 0.504 e. The van der Waals surface area contributed by atoms with Crippen molar-refractivity contribution in [3.63, 3.8) is 0 Å². The Hall–Kier alpha value is -3.42. The number of hydrogen-bond acceptors (Lipinski definition) is 6. The molecule has 1 aromatic carbocycles. The number of aromatic hydroxyl groups is 2. The molecule has 112 valence electrons. The zero-order valence-corrected chi connectivity index (χ0v) is 11.2. The first kappa shape index (κ1) is 15.0. The Morgan fingerprint density at radius 1 is 1.27 bits per heavy atom. The fourth-order valence-corrected chi connectivity index (χ4v) is 1.65. The Morgan fingerprint density at radius 2 is 2.00 bits per heavy atom. The van der Waals surface area contributed by atoms with Crippen molar-refractivity contribution in [2.75, 3.05) is 0 Å². The highest BCUT2D eigenvalue weighted by atomic mass is 16.6. The van der Waals surface area contributed by atoms with Crippen LogP contribution >= 0.6 is 0 Å². The molecule has 22 heavy (non-hydrogen) atoms. The van der Waals surface area contributed by atoms with E-state index in [4.69, 9.17) is 0 Å². The van der Waals surface area contributed by atoms with Crippen LogP contribution in [-0.2, 0) is 0 Å². The van der Waals surface area contributed by atoms with Gasteiger partial charge in [0.15, 0.2) is 11.5 Å². The summed E-state index contributed by atoms with van der Waals surface area (Å²) < 4.78 is 1.26. The normalized spacial score (nSPS) is 11.3. The van der Waals surface area contributed by atoms with Crippen LogP contribution < -0.4 is 0 Å². The molecule has 8 nitrogen and oxygen atoms in total. The molecule has 0 amide bonds. The van der Waals surface area contributed by atoms with Gasteiger partial charge in [0, 0.05) is 18.5 Å². The van der Waals surface area contributed by atoms with Crippen LogP contribution in [0.1, 0.15) is 10.4 Å². The molecule has 2 rings (SSSR count). The van der Waals surface area contributed by atoms with Crippen LogP contribution in [0.2, 0.25) is 0 Å². The fourth-order valence-electron chi connectivity index (χ4n) is 1.65. The molecule has 0 saturated carbocycles. The quantitative estimate of drug-likeness (QED) is 0.293. The average molecular weight is 301 g/mol. The van der Waals surface area contributed by atoms with E-state index in [1.807, 2.05) is 0 Å². The lowest BCUT2D eigenvalue weighted by atomic mass is 10.1. The van der Waals surface area contributed by atoms with Crippen LogP contribution in [0.3, 0.4) is 0 Å². The maximum Gasteiger partial charge on any atom is 0.280 e. The number of carbonyl (C=O) groups excluding carboxylic acids is 1. The van der Waals surface area contributed by atoms with Crippen LogP contribution in [0.5, 0.6) is 11.5 Å². The van der Waals surface area contributed by atoms with Crippen molar-refractivity contribution in [3.05, 3.63) is 64.8 Å². The zero-order valence-electron chi connectivity index (χ0n) is 11.2. The second kappa shape index (κ2) is 6.35. The van der Waals surface area contributed by atoms with E-state index >= 15 is 0 Å². The van der Waals surface area contributed by atoms with Crippen molar-refractivity contribution in [3.8, 4) is 11.5 Å². The predicted molar refractivity (Wildman–Crippen MR) is 77.5 cm³/mol. The minimum atomic E-state index is -0.681. The standard InChI is InChI=1S/C14H11N3O5/c18-12-7-10(11(17(21)22)8-13(12)19)3-1-2-4-14(20)16-6-5-15-9-16/h1-9,18-19H/b3-1+,4-2+. The number of imidazole rings is 1. The summed E-state index contributed by atoms with van der Waals surface area (Å²) in [6.07, 6.45) is 9.70. The molecule has 1 aromatic heterocycles. The molecule has 0 aliphatic heterocycles. The molecule has 2 aromatic rings. The van der Waals surface area contributed by atoms with Gasteiger partial charge in [0.1, 0.15) is 6.33 Å². The lowest BCUT2D eigenvalue weighted by Crippen LogP contribution is -2.03. The number of nitrogens with zero attached hydrogens (tertiary/aromatic N) is 3. The molecule has 0 atom stereocenters. The fraction of sp³-hybridized carbons (Fsp3) is 0. The molecule has 0 radical (unpaired) electrons. The highest BCUT2D eigenvalue weighted by Crippen LogP contribution is 2.33. The Labute approximate surface area is 124 Å². The van der Waals surface area contributed by atoms with Gasteiger partial charge in [-0.05, 0) is 12.1 Å². The minimum Gasteiger partial charge on any atom is -0.504 e. The Kier molecular flexibility index (Phi) is 4.33. The van der Waals surface area contributed by atoms with Gasteiger partial charge in [-0.3, -0.25) is 19.5 Å². The number of aromatic nitrogens is 2. The van der Waals surface area contributed by atoms with Gasteiger partial charge in [-0.25, -0.2) is 4.98 Å². The summed E-state index contributed by atoms with van der Waals surface area (Å²) in [6, 6.07) is 1.92. The van der Waals surface area contributed by atoms with Gasteiger partial charge >= 0.3 is 0 Å².